The number of thiophene rings is 1. The minimum atomic E-state index is -0.415. The monoisotopic (exact) mass is 331 g/mol. The number of nitrogens with one attached hydrogen (secondary N) is 1. The lowest BCUT2D eigenvalue weighted by Gasteiger charge is -2.08. The normalized spacial score (nSPS) is 10.5. The highest BCUT2D eigenvalue weighted by Gasteiger charge is 2.23. The van der Waals surface area contributed by atoms with E-state index in [1.54, 1.807) is 6.07 Å². The van der Waals surface area contributed by atoms with Crippen LogP contribution in [0.3, 0.4) is 0 Å². The number of benzene rings is 1. The Hall–Kier alpha value is -2.14. The minimum absolute atomic E-state index is 0.220. The predicted octanol–water partition coefficient (Wildman–Crippen LogP) is 4.27. The number of aryl methyl sites for hydroxylation is 3. The summed E-state index contributed by atoms with van der Waals surface area (Å²) in [5.41, 5.74) is 4.17. The molecule has 0 aliphatic heterocycles. The maximum absolute atomic E-state index is 12.5. The van der Waals surface area contributed by atoms with Crippen LogP contribution in [0.1, 0.15) is 49.2 Å². The van der Waals surface area contributed by atoms with Crippen molar-refractivity contribution in [1.29, 1.82) is 0 Å². The molecule has 1 aromatic carbocycles. The van der Waals surface area contributed by atoms with Crippen molar-refractivity contribution in [2.45, 2.75) is 34.1 Å². The van der Waals surface area contributed by atoms with Crippen molar-refractivity contribution in [3.63, 3.8) is 0 Å². The average molecular weight is 331 g/mol. The molecule has 0 saturated carbocycles. The molecule has 1 aromatic heterocycles. The molecule has 0 bridgehead atoms. The molecule has 0 saturated heterocycles. The van der Waals surface area contributed by atoms with Crippen LogP contribution in [0.15, 0.2) is 18.2 Å². The van der Waals surface area contributed by atoms with Gasteiger partial charge in [0.05, 0.1) is 12.7 Å². The Morgan fingerprint density at radius 2 is 1.87 bits per heavy atom. The third-order valence-electron chi connectivity index (χ3n) is 3.95. The molecule has 0 fully saturated rings. The summed E-state index contributed by atoms with van der Waals surface area (Å²) in [6, 6.07) is 5.56. The Morgan fingerprint density at radius 1 is 1.17 bits per heavy atom. The second-order valence-electron chi connectivity index (χ2n) is 5.44. The maximum Gasteiger partial charge on any atom is 0.341 e. The van der Waals surface area contributed by atoms with E-state index in [2.05, 4.69) is 5.32 Å². The van der Waals surface area contributed by atoms with Gasteiger partial charge in [-0.05, 0) is 56.0 Å². The summed E-state index contributed by atoms with van der Waals surface area (Å²) in [6.45, 7) is 7.90. The zero-order valence-corrected chi connectivity index (χ0v) is 14.9. The Bertz CT molecular complexity index is 762. The van der Waals surface area contributed by atoms with E-state index in [-0.39, 0.29) is 5.91 Å². The van der Waals surface area contributed by atoms with E-state index in [4.69, 9.17) is 4.74 Å². The van der Waals surface area contributed by atoms with Gasteiger partial charge >= 0.3 is 5.97 Å². The van der Waals surface area contributed by atoms with Crippen molar-refractivity contribution in [3.05, 3.63) is 50.9 Å². The molecule has 4 nitrogen and oxygen atoms in total. The van der Waals surface area contributed by atoms with Crippen molar-refractivity contribution in [2.24, 2.45) is 0 Å². The van der Waals surface area contributed by atoms with Crippen LogP contribution in [-0.4, -0.2) is 19.0 Å². The molecule has 0 unspecified atom stereocenters. The predicted molar refractivity (Wildman–Crippen MR) is 93.6 cm³/mol. The number of methoxy groups -OCH3 is 1. The van der Waals surface area contributed by atoms with Crippen LogP contribution < -0.4 is 5.32 Å². The van der Waals surface area contributed by atoms with Gasteiger partial charge in [0, 0.05) is 10.4 Å². The third kappa shape index (κ3) is 3.45. The number of amides is 1. The SMILES string of the molecule is CCc1c(C)sc(NC(=O)c2ccc(C)c(C)c2)c1C(=O)OC. The van der Waals surface area contributed by atoms with Gasteiger partial charge in [0.1, 0.15) is 5.00 Å². The molecule has 23 heavy (non-hydrogen) atoms. The lowest BCUT2D eigenvalue weighted by molar-refractivity contribution is 0.0601. The van der Waals surface area contributed by atoms with Crippen LogP contribution in [0.4, 0.5) is 5.00 Å². The molecule has 2 aromatic rings. The molecular formula is C18H21NO3S. The highest BCUT2D eigenvalue weighted by molar-refractivity contribution is 7.16. The fourth-order valence-corrected chi connectivity index (χ4v) is 3.60. The zero-order valence-electron chi connectivity index (χ0n) is 14.1. The molecule has 1 amide bonds. The molecular weight excluding hydrogens is 310 g/mol. The van der Waals surface area contributed by atoms with E-state index >= 15 is 0 Å². The molecule has 0 aliphatic rings. The number of ether oxygens (including phenoxy) is 1. The fourth-order valence-electron chi connectivity index (χ4n) is 2.47. The van der Waals surface area contributed by atoms with Crippen LogP contribution in [0.2, 0.25) is 0 Å². The lowest BCUT2D eigenvalue weighted by Crippen LogP contribution is -2.14. The minimum Gasteiger partial charge on any atom is -0.465 e. The number of carbonyl (C=O) groups is 2. The van der Waals surface area contributed by atoms with Crippen LogP contribution >= 0.6 is 11.3 Å². The summed E-state index contributed by atoms with van der Waals surface area (Å²) in [4.78, 5) is 25.6. The summed E-state index contributed by atoms with van der Waals surface area (Å²) >= 11 is 1.41. The number of carbonyl (C=O) groups excluding carboxylic acids is 2. The molecule has 0 atom stereocenters. The van der Waals surface area contributed by atoms with Crippen molar-refractivity contribution in [1.82, 2.24) is 0 Å². The largest absolute Gasteiger partial charge is 0.465 e. The average Bonchev–Trinajstić information content (AvgIpc) is 2.84. The molecule has 0 radical (unpaired) electrons. The molecule has 1 heterocycles. The maximum atomic E-state index is 12.5. The fraction of sp³-hybridized carbons (Fsp3) is 0.333. The second kappa shape index (κ2) is 6.96. The standard InChI is InChI=1S/C18H21NO3S/c1-6-14-12(4)23-17(15(14)18(21)22-5)19-16(20)13-8-7-10(2)11(3)9-13/h7-9H,6H2,1-5H3,(H,19,20). The van der Waals surface area contributed by atoms with Crippen molar-refractivity contribution < 1.29 is 14.3 Å². The van der Waals surface area contributed by atoms with E-state index in [9.17, 15) is 9.59 Å². The second-order valence-corrected chi connectivity index (χ2v) is 6.66. The number of hydrogen-bond donors (Lipinski definition) is 1. The van der Waals surface area contributed by atoms with Crippen LogP contribution in [-0.2, 0) is 11.2 Å². The molecule has 0 spiro atoms. The van der Waals surface area contributed by atoms with Gasteiger partial charge < -0.3 is 10.1 Å². The number of rotatable bonds is 4. The Balaban J connectivity index is 2.37. The summed E-state index contributed by atoms with van der Waals surface area (Å²) in [7, 11) is 1.35. The molecule has 5 heteroatoms. The molecule has 1 N–H and O–H groups in total. The Kier molecular flexibility index (Phi) is 5.21. The lowest BCUT2D eigenvalue weighted by atomic mass is 10.1. The van der Waals surface area contributed by atoms with Gasteiger partial charge in [-0.25, -0.2) is 4.79 Å². The molecule has 122 valence electrons. The highest BCUT2D eigenvalue weighted by Crippen LogP contribution is 2.34. The topological polar surface area (TPSA) is 55.4 Å². The first kappa shape index (κ1) is 17.2. The molecule has 2 rings (SSSR count). The zero-order chi connectivity index (χ0) is 17.1. The number of hydrogen-bond acceptors (Lipinski definition) is 4. The quantitative estimate of drug-likeness (QED) is 0.851. The summed E-state index contributed by atoms with van der Waals surface area (Å²) in [5, 5.41) is 3.41. The summed E-state index contributed by atoms with van der Waals surface area (Å²) in [5.74, 6) is -0.635. The van der Waals surface area contributed by atoms with Gasteiger partial charge in [-0.1, -0.05) is 13.0 Å². The van der Waals surface area contributed by atoms with E-state index < -0.39 is 5.97 Å². The first-order valence-electron chi connectivity index (χ1n) is 7.48. The first-order valence-corrected chi connectivity index (χ1v) is 8.29. The van der Waals surface area contributed by atoms with E-state index in [0.717, 1.165) is 21.6 Å². The summed E-state index contributed by atoms with van der Waals surface area (Å²) < 4.78 is 4.87. The van der Waals surface area contributed by atoms with E-state index in [1.165, 1.54) is 18.4 Å². The Labute approximate surface area is 140 Å². The van der Waals surface area contributed by atoms with Crippen LogP contribution in [0, 0.1) is 20.8 Å². The van der Waals surface area contributed by atoms with Crippen molar-refractivity contribution >= 4 is 28.2 Å². The van der Waals surface area contributed by atoms with Gasteiger partial charge in [-0.15, -0.1) is 11.3 Å². The van der Waals surface area contributed by atoms with Crippen molar-refractivity contribution in [2.75, 3.05) is 12.4 Å². The van der Waals surface area contributed by atoms with Gasteiger partial charge in [0.25, 0.3) is 5.91 Å². The number of anilines is 1. The highest BCUT2D eigenvalue weighted by atomic mass is 32.1. The first-order chi connectivity index (χ1) is 10.9. The van der Waals surface area contributed by atoms with Crippen LogP contribution in [0.25, 0.3) is 0 Å². The van der Waals surface area contributed by atoms with Crippen molar-refractivity contribution in [3.8, 4) is 0 Å². The summed E-state index contributed by atoms with van der Waals surface area (Å²) in [6.07, 6.45) is 0.715. The Morgan fingerprint density at radius 3 is 2.43 bits per heavy atom. The van der Waals surface area contributed by atoms with Gasteiger partial charge in [0.2, 0.25) is 0 Å². The van der Waals surface area contributed by atoms with Gasteiger partial charge in [-0.3, -0.25) is 4.79 Å². The van der Waals surface area contributed by atoms with E-state index in [1.807, 2.05) is 39.8 Å². The third-order valence-corrected chi connectivity index (χ3v) is 5.01. The van der Waals surface area contributed by atoms with Crippen LogP contribution in [0.5, 0.6) is 0 Å². The van der Waals surface area contributed by atoms with Gasteiger partial charge in [-0.2, -0.15) is 0 Å². The smallest absolute Gasteiger partial charge is 0.341 e. The van der Waals surface area contributed by atoms with Gasteiger partial charge in [0.15, 0.2) is 0 Å². The number of esters is 1. The van der Waals surface area contributed by atoms with E-state index in [0.29, 0.717) is 22.5 Å². The molecule has 0 aliphatic carbocycles.